The average molecular weight is 215 g/mol. The van der Waals surface area contributed by atoms with Crippen LogP contribution in [-0.4, -0.2) is 29.8 Å². The fraction of sp³-hybridized carbons (Fsp3) is 1.00. The van der Waals surface area contributed by atoms with Gasteiger partial charge in [0, 0.05) is 12.6 Å². The predicted octanol–water partition coefficient (Wildman–Crippen LogP) is 3.21. The van der Waals surface area contributed by atoms with Crippen molar-refractivity contribution in [3.8, 4) is 0 Å². The molecule has 0 saturated heterocycles. The maximum absolute atomic E-state index is 4.43. The van der Waals surface area contributed by atoms with Gasteiger partial charge in [-0.3, -0.25) is 4.90 Å². The van der Waals surface area contributed by atoms with Gasteiger partial charge < -0.3 is 0 Å². The van der Waals surface area contributed by atoms with Crippen molar-refractivity contribution < 1.29 is 0 Å². The molecule has 84 valence electrons. The summed E-state index contributed by atoms with van der Waals surface area (Å²) in [6.07, 6.45) is 5.50. The van der Waals surface area contributed by atoms with Crippen LogP contribution in [-0.2, 0) is 0 Å². The molecule has 14 heavy (non-hydrogen) atoms. The van der Waals surface area contributed by atoms with E-state index >= 15 is 0 Å². The van der Waals surface area contributed by atoms with Crippen LogP contribution in [0, 0.1) is 5.41 Å². The number of thiol groups is 1. The highest BCUT2D eigenvalue weighted by Gasteiger charge is 2.31. The van der Waals surface area contributed by atoms with E-state index in [1.54, 1.807) is 0 Å². The second-order valence-electron chi connectivity index (χ2n) is 5.38. The van der Waals surface area contributed by atoms with Gasteiger partial charge in [0.2, 0.25) is 0 Å². The zero-order valence-electron chi connectivity index (χ0n) is 9.92. The van der Waals surface area contributed by atoms with Crippen molar-refractivity contribution in [2.75, 3.05) is 18.8 Å². The topological polar surface area (TPSA) is 3.24 Å². The average Bonchev–Trinajstić information content (AvgIpc) is 2.95. The summed E-state index contributed by atoms with van der Waals surface area (Å²) in [5.41, 5.74) is 0.374. The largest absolute Gasteiger partial charge is 0.300 e. The third-order valence-electron chi connectivity index (χ3n) is 2.92. The molecule has 1 nitrogen and oxygen atoms in total. The molecule has 0 spiro atoms. The van der Waals surface area contributed by atoms with Crippen molar-refractivity contribution in [1.29, 1.82) is 0 Å². The third-order valence-corrected chi connectivity index (χ3v) is 3.78. The van der Waals surface area contributed by atoms with Gasteiger partial charge in [-0.15, -0.1) is 0 Å². The summed E-state index contributed by atoms with van der Waals surface area (Å²) in [6, 6.07) is 0.903. The van der Waals surface area contributed by atoms with Crippen LogP contribution in [0.2, 0.25) is 0 Å². The molecule has 1 fully saturated rings. The molecule has 0 bridgehead atoms. The van der Waals surface area contributed by atoms with Gasteiger partial charge >= 0.3 is 0 Å². The fourth-order valence-corrected chi connectivity index (χ4v) is 1.89. The summed E-state index contributed by atoms with van der Waals surface area (Å²) < 4.78 is 0. The van der Waals surface area contributed by atoms with Crippen molar-refractivity contribution in [3.63, 3.8) is 0 Å². The van der Waals surface area contributed by atoms with Crippen LogP contribution < -0.4 is 0 Å². The summed E-state index contributed by atoms with van der Waals surface area (Å²) >= 11 is 4.43. The lowest BCUT2D eigenvalue weighted by atomic mass is 9.95. The van der Waals surface area contributed by atoms with E-state index < -0.39 is 0 Å². The maximum Gasteiger partial charge on any atom is 0.00966 e. The van der Waals surface area contributed by atoms with Crippen molar-refractivity contribution in [2.45, 2.75) is 52.5 Å². The molecule has 0 N–H and O–H groups in total. The van der Waals surface area contributed by atoms with Crippen LogP contribution in [0.15, 0.2) is 0 Å². The molecule has 0 heterocycles. The first kappa shape index (κ1) is 12.4. The van der Waals surface area contributed by atoms with Gasteiger partial charge in [-0.25, -0.2) is 0 Å². The van der Waals surface area contributed by atoms with Gasteiger partial charge in [0.15, 0.2) is 0 Å². The van der Waals surface area contributed by atoms with E-state index in [4.69, 9.17) is 0 Å². The zero-order chi connectivity index (χ0) is 10.6. The van der Waals surface area contributed by atoms with E-state index in [1.807, 2.05) is 0 Å². The predicted molar refractivity (Wildman–Crippen MR) is 67.1 cm³/mol. The highest BCUT2D eigenvalue weighted by Crippen LogP contribution is 2.30. The minimum atomic E-state index is 0.374. The Morgan fingerprint density at radius 2 is 2.00 bits per heavy atom. The lowest BCUT2D eigenvalue weighted by Crippen LogP contribution is -2.37. The molecule has 2 heteroatoms. The Morgan fingerprint density at radius 1 is 1.36 bits per heavy atom. The molecule has 0 aliphatic heterocycles. The molecule has 1 saturated carbocycles. The van der Waals surface area contributed by atoms with Crippen molar-refractivity contribution in [3.05, 3.63) is 0 Å². The van der Waals surface area contributed by atoms with Crippen LogP contribution in [0.3, 0.4) is 0 Å². The van der Waals surface area contributed by atoms with Gasteiger partial charge in [-0.1, -0.05) is 27.2 Å². The molecular weight excluding hydrogens is 190 g/mol. The Hall–Kier alpha value is 0.310. The van der Waals surface area contributed by atoms with Gasteiger partial charge in [0.25, 0.3) is 0 Å². The minimum absolute atomic E-state index is 0.374. The zero-order valence-corrected chi connectivity index (χ0v) is 10.8. The molecule has 0 atom stereocenters. The van der Waals surface area contributed by atoms with E-state index in [1.165, 1.54) is 38.8 Å². The van der Waals surface area contributed by atoms with Crippen LogP contribution in [0.25, 0.3) is 0 Å². The number of hydrogen-bond acceptors (Lipinski definition) is 2. The lowest BCUT2D eigenvalue weighted by Gasteiger charge is -2.31. The summed E-state index contributed by atoms with van der Waals surface area (Å²) in [5, 5.41) is 0. The molecule has 0 aromatic carbocycles. The summed E-state index contributed by atoms with van der Waals surface area (Å²) in [7, 11) is 0. The Labute approximate surface area is 94.7 Å². The van der Waals surface area contributed by atoms with Crippen LogP contribution in [0.4, 0.5) is 0 Å². The van der Waals surface area contributed by atoms with Crippen LogP contribution in [0.5, 0.6) is 0 Å². The van der Waals surface area contributed by atoms with Gasteiger partial charge in [-0.05, 0) is 37.0 Å². The Kier molecular flexibility index (Phi) is 4.78. The van der Waals surface area contributed by atoms with E-state index in [0.29, 0.717) is 5.41 Å². The Bertz CT molecular complexity index is 164. The Morgan fingerprint density at radius 3 is 2.43 bits per heavy atom. The first-order valence-corrected chi connectivity index (χ1v) is 6.57. The maximum atomic E-state index is 4.43. The van der Waals surface area contributed by atoms with Gasteiger partial charge in [0.1, 0.15) is 0 Å². The van der Waals surface area contributed by atoms with E-state index in [9.17, 15) is 0 Å². The van der Waals surface area contributed by atoms with Crippen LogP contribution in [0.1, 0.15) is 46.5 Å². The minimum Gasteiger partial charge on any atom is -0.300 e. The molecule has 0 aromatic rings. The quantitative estimate of drug-likeness (QED) is 0.638. The second-order valence-corrected chi connectivity index (χ2v) is 5.69. The number of hydrogen-bond donors (Lipinski definition) is 1. The SMILES string of the molecule is CCCCN(CC(C)(C)CS)C1CC1. The standard InChI is InChI=1S/C12H25NS/c1-4-5-8-13(11-6-7-11)9-12(2,3)10-14/h11,14H,4-10H2,1-3H3. The molecule has 0 radical (unpaired) electrons. The molecular formula is C12H25NS. The van der Waals surface area contributed by atoms with Crippen molar-refractivity contribution >= 4 is 12.6 Å². The molecule has 1 rings (SSSR count). The summed E-state index contributed by atoms with van der Waals surface area (Å²) in [5.74, 6) is 0.988. The van der Waals surface area contributed by atoms with E-state index in [-0.39, 0.29) is 0 Å². The van der Waals surface area contributed by atoms with E-state index in [0.717, 1.165) is 11.8 Å². The first-order valence-electron chi connectivity index (χ1n) is 5.94. The normalized spacial score (nSPS) is 17.8. The van der Waals surface area contributed by atoms with E-state index in [2.05, 4.69) is 38.3 Å². The monoisotopic (exact) mass is 215 g/mol. The fourth-order valence-electron chi connectivity index (χ4n) is 1.79. The van der Waals surface area contributed by atoms with Gasteiger partial charge in [0.05, 0.1) is 0 Å². The van der Waals surface area contributed by atoms with Crippen molar-refractivity contribution in [2.24, 2.45) is 5.41 Å². The highest BCUT2D eigenvalue weighted by molar-refractivity contribution is 7.80. The number of unbranched alkanes of at least 4 members (excludes halogenated alkanes) is 1. The van der Waals surface area contributed by atoms with Crippen LogP contribution >= 0.6 is 12.6 Å². The molecule has 0 amide bonds. The lowest BCUT2D eigenvalue weighted by molar-refractivity contribution is 0.184. The second kappa shape index (κ2) is 5.41. The number of rotatable bonds is 7. The molecule has 1 aliphatic rings. The molecule has 0 aromatic heterocycles. The molecule has 1 aliphatic carbocycles. The molecule has 0 unspecified atom stereocenters. The van der Waals surface area contributed by atoms with Crippen molar-refractivity contribution in [1.82, 2.24) is 4.90 Å². The third kappa shape index (κ3) is 4.22. The van der Waals surface area contributed by atoms with Gasteiger partial charge in [-0.2, -0.15) is 12.6 Å². The Balaban J connectivity index is 2.34. The smallest absolute Gasteiger partial charge is 0.00966 e. The first-order chi connectivity index (χ1) is 6.59. The highest BCUT2D eigenvalue weighted by atomic mass is 32.1. The number of nitrogens with zero attached hydrogens (tertiary/aromatic N) is 1. The summed E-state index contributed by atoms with van der Waals surface area (Å²) in [6.45, 7) is 9.43. The summed E-state index contributed by atoms with van der Waals surface area (Å²) in [4.78, 5) is 2.68.